The van der Waals surface area contributed by atoms with Crippen LogP contribution in [0.5, 0.6) is 0 Å². The van der Waals surface area contributed by atoms with E-state index in [1.54, 1.807) is 14.0 Å². The quantitative estimate of drug-likeness (QED) is 0.853. The average molecular weight is 298 g/mol. The first kappa shape index (κ1) is 15.1. The Morgan fingerprint density at radius 2 is 2.15 bits per heavy atom. The molecule has 20 heavy (non-hydrogen) atoms. The van der Waals surface area contributed by atoms with Crippen molar-refractivity contribution in [1.82, 2.24) is 15.1 Å². The van der Waals surface area contributed by atoms with Gasteiger partial charge in [-0.2, -0.15) is 5.10 Å². The second kappa shape index (κ2) is 4.90. The number of ether oxygens (including phenoxy) is 1. The Morgan fingerprint density at radius 3 is 2.65 bits per heavy atom. The Morgan fingerprint density at radius 1 is 1.50 bits per heavy atom. The van der Waals surface area contributed by atoms with E-state index >= 15 is 0 Å². The third kappa shape index (κ3) is 2.36. The molecule has 1 amide bonds. The van der Waals surface area contributed by atoms with Crippen LogP contribution < -0.4 is 5.32 Å². The van der Waals surface area contributed by atoms with Crippen LogP contribution in [0.25, 0.3) is 0 Å². The number of rotatable bonds is 2. The van der Waals surface area contributed by atoms with Gasteiger partial charge >= 0.3 is 0 Å². The molecule has 2 rings (SSSR count). The van der Waals surface area contributed by atoms with Crippen LogP contribution in [0.15, 0.2) is 12.2 Å². The zero-order valence-electron chi connectivity index (χ0n) is 12.5. The number of carbonyl (C=O) groups excluding carboxylic acids is 1. The lowest BCUT2D eigenvalue weighted by Crippen LogP contribution is -2.58. The van der Waals surface area contributed by atoms with E-state index in [2.05, 4.69) is 16.5 Å². The monoisotopic (exact) mass is 297 g/mol. The first-order valence-electron chi connectivity index (χ1n) is 6.51. The number of carbonyl (C=O) groups is 1. The van der Waals surface area contributed by atoms with E-state index in [9.17, 15) is 4.79 Å². The first-order valence-corrected chi connectivity index (χ1v) is 6.89. The fourth-order valence-electron chi connectivity index (χ4n) is 2.27. The van der Waals surface area contributed by atoms with Crippen molar-refractivity contribution < 1.29 is 9.53 Å². The number of halogens is 1. The Balaban J connectivity index is 2.30. The molecule has 1 aromatic heterocycles. The molecule has 1 atom stereocenters. The number of nitrogens with zero attached hydrogens (tertiary/aromatic N) is 2. The summed E-state index contributed by atoms with van der Waals surface area (Å²) in [6.45, 7) is 8.13. The van der Waals surface area contributed by atoms with E-state index in [0.29, 0.717) is 23.0 Å². The summed E-state index contributed by atoms with van der Waals surface area (Å²) in [4.78, 5) is 12.5. The summed E-state index contributed by atoms with van der Waals surface area (Å²) in [5.41, 5.74) is -0.111. The molecule has 1 aliphatic rings. The lowest BCUT2D eigenvalue weighted by Gasteiger charge is -2.44. The van der Waals surface area contributed by atoms with Crippen molar-refractivity contribution in [2.45, 2.75) is 33.4 Å². The second-order valence-electron chi connectivity index (χ2n) is 5.80. The van der Waals surface area contributed by atoms with E-state index in [4.69, 9.17) is 16.3 Å². The number of amides is 1. The largest absolute Gasteiger partial charge is 0.351 e. The lowest BCUT2D eigenvalue weighted by molar-refractivity contribution is -0.107. The normalized spacial score (nSPS) is 24.7. The molecule has 0 fully saturated rings. The van der Waals surface area contributed by atoms with Gasteiger partial charge in [0.1, 0.15) is 10.9 Å². The van der Waals surface area contributed by atoms with Crippen LogP contribution in [0.2, 0.25) is 5.15 Å². The second-order valence-corrected chi connectivity index (χ2v) is 6.16. The van der Waals surface area contributed by atoms with Gasteiger partial charge in [-0.1, -0.05) is 37.6 Å². The summed E-state index contributed by atoms with van der Waals surface area (Å²) in [5, 5.41) is 7.43. The smallest absolute Gasteiger partial charge is 0.258 e. The van der Waals surface area contributed by atoms with Crippen LogP contribution in [0.1, 0.15) is 36.8 Å². The highest BCUT2D eigenvalue weighted by atomic mass is 35.5. The van der Waals surface area contributed by atoms with Crippen molar-refractivity contribution >= 4 is 17.5 Å². The van der Waals surface area contributed by atoms with Crippen LogP contribution in [0.4, 0.5) is 0 Å². The number of hydrogen-bond acceptors (Lipinski definition) is 3. The van der Waals surface area contributed by atoms with Gasteiger partial charge in [0.2, 0.25) is 0 Å². The molecule has 0 saturated carbocycles. The molecule has 0 bridgehead atoms. The molecule has 0 radical (unpaired) electrons. The van der Waals surface area contributed by atoms with Gasteiger partial charge in [0.05, 0.1) is 17.9 Å². The molecule has 1 unspecified atom stereocenters. The molecule has 5 nitrogen and oxygen atoms in total. The first-order chi connectivity index (χ1) is 9.18. The minimum Gasteiger partial charge on any atom is -0.351 e. The molecule has 0 spiro atoms. The molecule has 2 heterocycles. The maximum absolute atomic E-state index is 12.5. The molecule has 0 aromatic carbocycles. The Kier molecular flexibility index (Phi) is 3.69. The number of hydrogen-bond donors (Lipinski definition) is 1. The fraction of sp³-hybridized carbons (Fsp3) is 0.571. The Hall–Kier alpha value is -1.33. The van der Waals surface area contributed by atoms with Gasteiger partial charge in [0, 0.05) is 12.5 Å². The summed E-state index contributed by atoms with van der Waals surface area (Å²) >= 11 is 6.13. The van der Waals surface area contributed by atoms with Crippen molar-refractivity contribution in [3.8, 4) is 0 Å². The number of nitrogens with one attached hydrogen (secondary N) is 1. The molecular formula is C14H20ClN3O2. The zero-order chi connectivity index (χ0) is 15.1. The van der Waals surface area contributed by atoms with Crippen LogP contribution >= 0.6 is 11.6 Å². The van der Waals surface area contributed by atoms with Crippen molar-refractivity contribution in [3.05, 3.63) is 28.6 Å². The summed E-state index contributed by atoms with van der Waals surface area (Å²) in [6.07, 6.45) is 4.00. The zero-order valence-corrected chi connectivity index (χ0v) is 13.2. The van der Waals surface area contributed by atoms with E-state index < -0.39 is 5.72 Å². The third-order valence-electron chi connectivity index (χ3n) is 3.96. The average Bonchev–Trinajstić information content (AvgIpc) is 2.57. The predicted octanol–water partition coefficient (Wildman–Crippen LogP) is 2.44. The van der Waals surface area contributed by atoms with E-state index in [0.717, 1.165) is 0 Å². The molecule has 0 saturated heterocycles. The SMILES string of the molecule is Cc1nn(C)c(Cl)c1C(=O)NC1(C)OCC=CC1(C)C. The molecule has 0 aliphatic carbocycles. The molecule has 1 N–H and O–H groups in total. The highest BCUT2D eigenvalue weighted by Crippen LogP contribution is 2.36. The van der Waals surface area contributed by atoms with Crippen LogP contribution in [-0.4, -0.2) is 28.0 Å². The summed E-state index contributed by atoms with van der Waals surface area (Å²) < 4.78 is 7.26. The maximum Gasteiger partial charge on any atom is 0.258 e. The number of aromatic nitrogens is 2. The fourth-order valence-corrected chi connectivity index (χ4v) is 2.53. The minimum atomic E-state index is -0.787. The van der Waals surface area contributed by atoms with Gasteiger partial charge in [0.25, 0.3) is 5.91 Å². The van der Waals surface area contributed by atoms with E-state index in [1.165, 1.54) is 4.68 Å². The molecule has 110 valence electrons. The lowest BCUT2D eigenvalue weighted by atomic mass is 9.80. The molecule has 1 aliphatic heterocycles. The van der Waals surface area contributed by atoms with E-state index in [-0.39, 0.29) is 11.3 Å². The predicted molar refractivity (Wildman–Crippen MR) is 77.7 cm³/mol. The summed E-state index contributed by atoms with van der Waals surface area (Å²) in [6, 6.07) is 0. The highest BCUT2D eigenvalue weighted by Gasteiger charge is 2.44. The standard InChI is InChI=1S/C14H20ClN3O2/c1-9-10(11(15)18(5)17-9)12(19)16-14(4)13(2,3)7-6-8-20-14/h6-7H,8H2,1-5H3,(H,16,19). The van der Waals surface area contributed by atoms with Crippen LogP contribution in [0.3, 0.4) is 0 Å². The van der Waals surface area contributed by atoms with E-state index in [1.807, 2.05) is 26.8 Å². The molecule has 1 aromatic rings. The molecular weight excluding hydrogens is 278 g/mol. The van der Waals surface area contributed by atoms with Crippen molar-refractivity contribution in [3.63, 3.8) is 0 Å². The van der Waals surface area contributed by atoms with Gasteiger partial charge in [0.15, 0.2) is 0 Å². The Labute approximate surface area is 123 Å². The van der Waals surface area contributed by atoms with Gasteiger partial charge in [-0.15, -0.1) is 0 Å². The molecule has 6 heteroatoms. The van der Waals surface area contributed by atoms with Gasteiger partial charge in [-0.25, -0.2) is 0 Å². The highest BCUT2D eigenvalue weighted by molar-refractivity contribution is 6.33. The third-order valence-corrected chi connectivity index (χ3v) is 4.40. The Bertz CT molecular complexity index is 577. The van der Waals surface area contributed by atoms with Gasteiger partial charge in [-0.05, 0) is 13.8 Å². The van der Waals surface area contributed by atoms with Gasteiger partial charge < -0.3 is 10.1 Å². The number of aryl methyl sites for hydroxylation is 2. The summed E-state index contributed by atoms with van der Waals surface area (Å²) in [5.74, 6) is -0.272. The van der Waals surface area contributed by atoms with Crippen molar-refractivity contribution in [2.24, 2.45) is 12.5 Å². The minimum absolute atomic E-state index is 0.272. The maximum atomic E-state index is 12.5. The van der Waals surface area contributed by atoms with Crippen molar-refractivity contribution in [2.75, 3.05) is 6.61 Å². The van der Waals surface area contributed by atoms with Crippen LogP contribution in [0, 0.1) is 12.3 Å². The van der Waals surface area contributed by atoms with Gasteiger partial charge in [-0.3, -0.25) is 9.48 Å². The van der Waals surface area contributed by atoms with Crippen molar-refractivity contribution in [1.29, 1.82) is 0 Å². The van der Waals surface area contributed by atoms with Crippen LogP contribution in [-0.2, 0) is 11.8 Å². The topological polar surface area (TPSA) is 56.2 Å². The summed E-state index contributed by atoms with van der Waals surface area (Å²) in [7, 11) is 1.71.